The fraction of sp³-hybridized carbons (Fsp3) is 0.400. The Morgan fingerprint density at radius 1 is 1.50 bits per heavy atom. The maximum atomic E-state index is 9.12. The van der Waals surface area contributed by atoms with Crippen molar-refractivity contribution in [2.75, 3.05) is 0 Å². The highest BCUT2D eigenvalue weighted by atomic mass is 16.7. The maximum Gasteiger partial charge on any atom is 0.119 e. The molecule has 0 spiro atoms. The standard InChI is InChI=1S/C10H14N2O2/c11-10(6-9(10)13)12-14-7-8-4-2-1-3-5-8/h1-5,9,12-13H,6-7,11H2/t9-,10+/m1/s1. The van der Waals surface area contributed by atoms with E-state index in [9.17, 15) is 0 Å². The molecule has 1 aliphatic carbocycles. The molecule has 1 aromatic carbocycles. The van der Waals surface area contributed by atoms with Crippen molar-refractivity contribution >= 4 is 0 Å². The smallest absolute Gasteiger partial charge is 0.119 e. The molecule has 0 radical (unpaired) electrons. The first-order valence-electron chi connectivity index (χ1n) is 4.60. The third kappa shape index (κ3) is 2.10. The van der Waals surface area contributed by atoms with Gasteiger partial charge in [0.15, 0.2) is 0 Å². The second-order valence-corrected chi connectivity index (χ2v) is 3.64. The van der Waals surface area contributed by atoms with E-state index in [1.54, 1.807) is 0 Å². The van der Waals surface area contributed by atoms with Gasteiger partial charge in [-0.1, -0.05) is 30.3 Å². The molecule has 1 aromatic rings. The molecule has 0 unspecified atom stereocenters. The number of hydrogen-bond acceptors (Lipinski definition) is 4. The molecule has 76 valence electrons. The van der Waals surface area contributed by atoms with Crippen LogP contribution >= 0.6 is 0 Å². The van der Waals surface area contributed by atoms with Crippen LogP contribution in [0, 0.1) is 0 Å². The van der Waals surface area contributed by atoms with Crippen molar-refractivity contribution < 1.29 is 9.94 Å². The molecule has 0 saturated heterocycles. The minimum atomic E-state index is -0.727. The average molecular weight is 194 g/mol. The number of rotatable bonds is 4. The highest BCUT2D eigenvalue weighted by Gasteiger charge is 2.51. The third-order valence-corrected chi connectivity index (χ3v) is 2.31. The predicted molar refractivity (Wildman–Crippen MR) is 51.9 cm³/mol. The Morgan fingerprint density at radius 3 is 2.71 bits per heavy atom. The SMILES string of the molecule is N[C@]1(NOCc2ccccc2)C[C@H]1O. The van der Waals surface area contributed by atoms with Crippen molar-refractivity contribution in [3.05, 3.63) is 35.9 Å². The summed E-state index contributed by atoms with van der Waals surface area (Å²) in [7, 11) is 0. The van der Waals surface area contributed by atoms with E-state index in [4.69, 9.17) is 15.7 Å². The number of aliphatic hydroxyl groups excluding tert-OH is 1. The van der Waals surface area contributed by atoms with Gasteiger partial charge >= 0.3 is 0 Å². The summed E-state index contributed by atoms with van der Waals surface area (Å²) in [5.74, 6) is 0. The van der Waals surface area contributed by atoms with Crippen LogP contribution in [0.1, 0.15) is 12.0 Å². The normalized spacial score (nSPS) is 30.3. The van der Waals surface area contributed by atoms with Crippen molar-refractivity contribution in [3.8, 4) is 0 Å². The predicted octanol–water partition coefficient (Wildman–Crippen LogP) is 0.127. The summed E-state index contributed by atoms with van der Waals surface area (Å²) in [6.07, 6.45) is 0.0557. The van der Waals surface area contributed by atoms with Crippen molar-refractivity contribution in [1.29, 1.82) is 0 Å². The number of hydroxylamine groups is 1. The van der Waals surface area contributed by atoms with E-state index in [1.165, 1.54) is 0 Å². The molecule has 1 saturated carbocycles. The van der Waals surface area contributed by atoms with E-state index in [0.717, 1.165) is 5.56 Å². The third-order valence-electron chi connectivity index (χ3n) is 2.31. The van der Waals surface area contributed by atoms with Gasteiger partial charge in [-0.2, -0.15) is 5.48 Å². The Bertz CT molecular complexity index is 304. The Labute approximate surface area is 82.6 Å². The molecule has 0 aliphatic heterocycles. The molecular formula is C10H14N2O2. The van der Waals surface area contributed by atoms with Crippen molar-refractivity contribution in [1.82, 2.24) is 5.48 Å². The Hall–Kier alpha value is -0.940. The summed E-state index contributed by atoms with van der Waals surface area (Å²) < 4.78 is 0. The Morgan fingerprint density at radius 2 is 2.14 bits per heavy atom. The van der Waals surface area contributed by atoms with E-state index in [1.807, 2.05) is 30.3 Å². The van der Waals surface area contributed by atoms with Gasteiger partial charge in [-0.25, -0.2) is 0 Å². The van der Waals surface area contributed by atoms with E-state index in [2.05, 4.69) is 5.48 Å². The van der Waals surface area contributed by atoms with Gasteiger partial charge in [0.1, 0.15) is 5.66 Å². The van der Waals surface area contributed by atoms with Crippen LogP contribution in [0.2, 0.25) is 0 Å². The van der Waals surface area contributed by atoms with E-state index >= 15 is 0 Å². The van der Waals surface area contributed by atoms with Gasteiger partial charge in [-0.05, 0) is 5.56 Å². The van der Waals surface area contributed by atoms with Crippen LogP contribution in [-0.4, -0.2) is 16.9 Å². The molecule has 2 rings (SSSR count). The quantitative estimate of drug-likeness (QED) is 0.470. The minimum absolute atomic E-state index is 0.451. The summed E-state index contributed by atoms with van der Waals surface area (Å²) in [5.41, 5.74) is 8.67. The van der Waals surface area contributed by atoms with E-state index < -0.39 is 11.8 Å². The molecule has 14 heavy (non-hydrogen) atoms. The second kappa shape index (κ2) is 3.67. The van der Waals surface area contributed by atoms with Gasteiger partial charge in [0.05, 0.1) is 12.7 Å². The zero-order valence-corrected chi connectivity index (χ0v) is 7.81. The second-order valence-electron chi connectivity index (χ2n) is 3.64. The van der Waals surface area contributed by atoms with E-state index in [-0.39, 0.29) is 0 Å². The van der Waals surface area contributed by atoms with Crippen LogP contribution in [0.4, 0.5) is 0 Å². The highest BCUT2D eigenvalue weighted by Crippen LogP contribution is 2.29. The molecule has 0 aromatic heterocycles. The molecule has 4 heteroatoms. The summed E-state index contributed by atoms with van der Waals surface area (Å²) in [6, 6.07) is 9.78. The topological polar surface area (TPSA) is 67.5 Å². The van der Waals surface area contributed by atoms with Gasteiger partial charge < -0.3 is 10.8 Å². The summed E-state index contributed by atoms with van der Waals surface area (Å²) in [6.45, 7) is 0.451. The number of aliphatic hydroxyl groups is 1. The summed E-state index contributed by atoms with van der Waals surface area (Å²) in [4.78, 5) is 5.18. The molecule has 4 nitrogen and oxygen atoms in total. The van der Waals surface area contributed by atoms with Gasteiger partial charge in [0.25, 0.3) is 0 Å². The molecule has 1 fully saturated rings. The van der Waals surface area contributed by atoms with E-state index in [0.29, 0.717) is 13.0 Å². The maximum absolute atomic E-state index is 9.12. The first-order chi connectivity index (χ1) is 6.71. The van der Waals surface area contributed by atoms with Crippen LogP contribution in [-0.2, 0) is 11.4 Å². The molecule has 0 amide bonds. The Balaban J connectivity index is 1.74. The van der Waals surface area contributed by atoms with Crippen LogP contribution in [0.15, 0.2) is 30.3 Å². The van der Waals surface area contributed by atoms with Gasteiger partial charge in [0, 0.05) is 6.42 Å². The number of benzene rings is 1. The lowest BCUT2D eigenvalue weighted by atomic mass is 10.2. The lowest BCUT2D eigenvalue weighted by molar-refractivity contribution is -0.0139. The first kappa shape index (κ1) is 9.61. The van der Waals surface area contributed by atoms with Gasteiger partial charge in [-0.3, -0.25) is 4.84 Å². The number of nitrogens with one attached hydrogen (secondary N) is 1. The molecule has 2 atom stereocenters. The fourth-order valence-electron chi connectivity index (χ4n) is 1.20. The van der Waals surface area contributed by atoms with Gasteiger partial charge in [0.2, 0.25) is 0 Å². The Kier molecular flexibility index (Phi) is 2.52. The van der Waals surface area contributed by atoms with Crippen molar-refractivity contribution in [2.24, 2.45) is 5.73 Å². The molecule has 0 bridgehead atoms. The lowest BCUT2D eigenvalue weighted by Gasteiger charge is -2.11. The molecular weight excluding hydrogens is 180 g/mol. The zero-order valence-electron chi connectivity index (χ0n) is 7.81. The number of nitrogens with two attached hydrogens (primary N) is 1. The summed E-state index contributed by atoms with van der Waals surface area (Å²) >= 11 is 0. The molecule has 0 heterocycles. The lowest BCUT2D eigenvalue weighted by Crippen LogP contribution is -2.43. The largest absolute Gasteiger partial charge is 0.390 e. The molecule has 1 aliphatic rings. The van der Waals surface area contributed by atoms with Crippen LogP contribution < -0.4 is 11.2 Å². The fourth-order valence-corrected chi connectivity index (χ4v) is 1.20. The summed E-state index contributed by atoms with van der Waals surface area (Å²) in [5, 5.41) is 9.12. The van der Waals surface area contributed by atoms with Crippen molar-refractivity contribution in [3.63, 3.8) is 0 Å². The zero-order chi connectivity index (χ0) is 10.0. The number of hydrogen-bond donors (Lipinski definition) is 3. The highest BCUT2D eigenvalue weighted by molar-refractivity contribution is 5.13. The minimum Gasteiger partial charge on any atom is -0.390 e. The monoisotopic (exact) mass is 194 g/mol. The van der Waals surface area contributed by atoms with Crippen LogP contribution in [0.25, 0.3) is 0 Å². The van der Waals surface area contributed by atoms with Crippen molar-refractivity contribution in [2.45, 2.75) is 24.8 Å². The first-order valence-corrected chi connectivity index (χ1v) is 4.60. The van der Waals surface area contributed by atoms with Crippen LogP contribution in [0.5, 0.6) is 0 Å². The van der Waals surface area contributed by atoms with Crippen LogP contribution in [0.3, 0.4) is 0 Å². The van der Waals surface area contributed by atoms with Gasteiger partial charge in [-0.15, -0.1) is 0 Å². The average Bonchev–Trinajstić information content (AvgIpc) is 2.76. The molecule has 4 N–H and O–H groups in total.